The van der Waals surface area contributed by atoms with Crippen molar-refractivity contribution in [3.8, 4) is 0 Å². The molecule has 66 valence electrons. The zero-order valence-corrected chi connectivity index (χ0v) is 9.56. The Morgan fingerprint density at radius 1 is 1.46 bits per heavy atom. The average Bonchev–Trinajstić information content (AvgIpc) is 2.55. The van der Waals surface area contributed by atoms with Crippen molar-refractivity contribution in [3.63, 3.8) is 0 Å². The van der Waals surface area contributed by atoms with E-state index < -0.39 is 0 Å². The van der Waals surface area contributed by atoms with Crippen LogP contribution in [0.5, 0.6) is 0 Å². The van der Waals surface area contributed by atoms with Gasteiger partial charge in [-0.3, -0.25) is 4.79 Å². The summed E-state index contributed by atoms with van der Waals surface area (Å²) in [6.45, 7) is 0. The normalized spacial score (nSPS) is 10.5. The maximum Gasteiger partial charge on any atom is 0.151 e. The number of anilines is 1. The van der Waals surface area contributed by atoms with Crippen LogP contribution in [0.2, 0.25) is 0 Å². The summed E-state index contributed by atoms with van der Waals surface area (Å²) in [6.07, 6.45) is 0.875. The van der Waals surface area contributed by atoms with Gasteiger partial charge < -0.3 is 5.73 Å². The summed E-state index contributed by atoms with van der Waals surface area (Å²) < 4.78 is 2.08. The summed E-state index contributed by atoms with van der Waals surface area (Å²) >= 11 is 3.74. The summed E-state index contributed by atoms with van der Waals surface area (Å²) in [7, 11) is 0. The zero-order chi connectivity index (χ0) is 9.42. The number of carbonyl (C=O) groups excluding carboxylic acids is 1. The highest BCUT2D eigenvalue weighted by molar-refractivity contribution is 14.1. The van der Waals surface area contributed by atoms with Gasteiger partial charge in [-0.05, 0) is 34.7 Å². The van der Waals surface area contributed by atoms with E-state index in [0.29, 0.717) is 0 Å². The van der Waals surface area contributed by atoms with Gasteiger partial charge in [0.25, 0.3) is 0 Å². The van der Waals surface area contributed by atoms with Gasteiger partial charge in [-0.15, -0.1) is 11.3 Å². The molecule has 1 aromatic heterocycles. The molecule has 0 atom stereocenters. The lowest BCUT2D eigenvalue weighted by Crippen LogP contribution is -1.89. The predicted octanol–water partition coefficient (Wildman–Crippen LogP) is 2.90. The number of hydrogen-bond donors (Lipinski definition) is 1. The minimum Gasteiger partial charge on any atom is -0.398 e. The van der Waals surface area contributed by atoms with Crippen molar-refractivity contribution in [2.24, 2.45) is 0 Å². The van der Waals surface area contributed by atoms with E-state index in [1.165, 1.54) is 0 Å². The maximum absolute atomic E-state index is 10.7. The van der Waals surface area contributed by atoms with Crippen molar-refractivity contribution in [2.75, 3.05) is 5.73 Å². The van der Waals surface area contributed by atoms with Gasteiger partial charge in [-0.1, -0.05) is 0 Å². The van der Waals surface area contributed by atoms with Crippen molar-refractivity contribution in [3.05, 3.63) is 26.6 Å². The fraction of sp³-hybridized carbons (Fsp3) is 0. The first kappa shape index (κ1) is 8.96. The Morgan fingerprint density at radius 3 is 2.92 bits per heavy atom. The largest absolute Gasteiger partial charge is 0.398 e. The lowest BCUT2D eigenvalue weighted by atomic mass is 10.2. The smallest absolute Gasteiger partial charge is 0.151 e. The third-order valence-corrected chi connectivity index (χ3v) is 3.99. The fourth-order valence-corrected chi connectivity index (χ4v) is 3.09. The van der Waals surface area contributed by atoms with E-state index in [4.69, 9.17) is 5.73 Å². The number of nitrogens with two attached hydrogens (primary N) is 1. The molecule has 2 rings (SSSR count). The van der Waals surface area contributed by atoms with Crippen LogP contribution < -0.4 is 5.73 Å². The Kier molecular flexibility index (Phi) is 2.25. The van der Waals surface area contributed by atoms with Crippen LogP contribution >= 0.6 is 33.9 Å². The minimum absolute atomic E-state index is 0.731. The zero-order valence-electron chi connectivity index (χ0n) is 6.58. The Morgan fingerprint density at radius 2 is 2.23 bits per heavy atom. The predicted molar refractivity (Wildman–Crippen MR) is 64.3 cm³/mol. The molecule has 0 aliphatic rings. The number of halogens is 1. The van der Waals surface area contributed by atoms with Crippen LogP contribution in [0.15, 0.2) is 17.5 Å². The molecule has 0 unspecified atom stereocenters. The van der Waals surface area contributed by atoms with Crippen LogP contribution in [0.4, 0.5) is 5.69 Å². The third-order valence-electron chi connectivity index (χ3n) is 1.86. The van der Waals surface area contributed by atoms with Crippen LogP contribution in [0, 0.1) is 3.57 Å². The van der Waals surface area contributed by atoms with E-state index in [1.807, 2.05) is 17.5 Å². The van der Waals surface area contributed by atoms with E-state index in [-0.39, 0.29) is 0 Å². The summed E-state index contributed by atoms with van der Waals surface area (Å²) in [5, 5.41) is 2.85. The van der Waals surface area contributed by atoms with Crippen LogP contribution in [0.25, 0.3) is 10.1 Å². The van der Waals surface area contributed by atoms with E-state index in [9.17, 15) is 4.79 Å². The van der Waals surface area contributed by atoms with Crippen LogP contribution in [-0.2, 0) is 0 Å². The number of nitrogen functional groups attached to an aromatic ring is 1. The highest BCUT2D eigenvalue weighted by atomic mass is 127. The van der Waals surface area contributed by atoms with Crippen LogP contribution in [0.3, 0.4) is 0 Å². The van der Waals surface area contributed by atoms with Crippen molar-refractivity contribution < 1.29 is 4.79 Å². The summed E-state index contributed by atoms with van der Waals surface area (Å²) in [5.41, 5.74) is 7.21. The molecule has 2 N–H and O–H groups in total. The standard InChI is InChI=1S/C9H6INOS/c10-9-6(11)1-2-7-8(9)5(3-12)4-13-7/h1-4H,11H2. The molecule has 0 saturated carbocycles. The summed E-state index contributed by atoms with van der Waals surface area (Å²) in [5.74, 6) is 0. The molecule has 0 aliphatic heterocycles. The molecule has 0 bridgehead atoms. The Bertz CT molecular complexity index is 478. The first-order valence-corrected chi connectivity index (χ1v) is 5.60. The van der Waals surface area contributed by atoms with Gasteiger partial charge in [-0.2, -0.15) is 0 Å². The number of fused-ring (bicyclic) bond motifs is 1. The second kappa shape index (κ2) is 3.26. The van der Waals surface area contributed by atoms with E-state index in [0.717, 1.165) is 31.2 Å². The second-order valence-corrected chi connectivity index (χ2v) is 4.64. The lowest BCUT2D eigenvalue weighted by Gasteiger charge is -1.99. The van der Waals surface area contributed by atoms with Gasteiger partial charge in [0.1, 0.15) is 0 Å². The van der Waals surface area contributed by atoms with E-state index >= 15 is 0 Å². The summed E-state index contributed by atoms with van der Waals surface area (Å²) in [4.78, 5) is 10.7. The first-order chi connectivity index (χ1) is 6.24. The monoisotopic (exact) mass is 303 g/mol. The summed E-state index contributed by atoms with van der Waals surface area (Å²) in [6, 6.07) is 3.82. The van der Waals surface area contributed by atoms with E-state index in [2.05, 4.69) is 22.6 Å². The molecule has 0 saturated heterocycles. The Labute approximate surface area is 92.9 Å². The quantitative estimate of drug-likeness (QED) is 0.500. The van der Waals surface area contributed by atoms with Gasteiger partial charge in [0, 0.05) is 30.3 Å². The average molecular weight is 303 g/mol. The molecular weight excluding hydrogens is 297 g/mol. The van der Waals surface area contributed by atoms with Gasteiger partial charge in [0.15, 0.2) is 6.29 Å². The molecule has 0 amide bonds. The Hall–Kier alpha value is -0.620. The van der Waals surface area contributed by atoms with Gasteiger partial charge in [-0.25, -0.2) is 0 Å². The topological polar surface area (TPSA) is 43.1 Å². The molecule has 0 spiro atoms. The van der Waals surface area contributed by atoms with Crippen LogP contribution in [0.1, 0.15) is 10.4 Å². The molecule has 4 heteroatoms. The molecule has 13 heavy (non-hydrogen) atoms. The lowest BCUT2D eigenvalue weighted by molar-refractivity contribution is 0.112. The Balaban J connectivity index is 2.93. The number of rotatable bonds is 1. The number of carbonyl (C=O) groups is 1. The molecule has 1 heterocycles. The molecule has 2 aromatic rings. The molecule has 0 fully saturated rings. The molecular formula is C9H6INOS. The highest BCUT2D eigenvalue weighted by Crippen LogP contribution is 2.32. The van der Waals surface area contributed by atoms with Crippen molar-refractivity contribution in [1.82, 2.24) is 0 Å². The SMILES string of the molecule is Nc1ccc2scc(C=O)c2c1I. The molecule has 1 aromatic carbocycles. The second-order valence-electron chi connectivity index (χ2n) is 2.65. The number of thiophene rings is 1. The fourth-order valence-electron chi connectivity index (χ4n) is 1.21. The van der Waals surface area contributed by atoms with Crippen molar-refractivity contribution in [2.45, 2.75) is 0 Å². The molecule has 2 nitrogen and oxygen atoms in total. The number of benzene rings is 1. The number of aldehydes is 1. The van der Waals surface area contributed by atoms with Crippen molar-refractivity contribution >= 4 is 56.0 Å². The highest BCUT2D eigenvalue weighted by Gasteiger charge is 2.08. The number of hydrogen-bond acceptors (Lipinski definition) is 3. The van der Waals surface area contributed by atoms with Gasteiger partial charge >= 0.3 is 0 Å². The first-order valence-electron chi connectivity index (χ1n) is 3.64. The van der Waals surface area contributed by atoms with Gasteiger partial charge in [0.05, 0.1) is 0 Å². The third kappa shape index (κ3) is 1.34. The van der Waals surface area contributed by atoms with Crippen molar-refractivity contribution in [1.29, 1.82) is 0 Å². The van der Waals surface area contributed by atoms with E-state index in [1.54, 1.807) is 11.3 Å². The molecule has 0 aliphatic carbocycles. The van der Waals surface area contributed by atoms with Crippen LogP contribution in [-0.4, -0.2) is 6.29 Å². The molecule has 0 radical (unpaired) electrons. The minimum atomic E-state index is 0.731. The van der Waals surface area contributed by atoms with Gasteiger partial charge in [0.2, 0.25) is 0 Å². The maximum atomic E-state index is 10.7.